The van der Waals surface area contributed by atoms with E-state index in [1.165, 1.54) is 12.8 Å². The van der Waals surface area contributed by atoms with Gasteiger partial charge in [-0.25, -0.2) is 0 Å². The number of aryl methyl sites for hydroxylation is 1. The fourth-order valence-corrected chi connectivity index (χ4v) is 2.94. The van der Waals surface area contributed by atoms with Crippen molar-refractivity contribution in [2.45, 2.75) is 44.6 Å². The molecule has 0 bridgehead atoms. The van der Waals surface area contributed by atoms with Gasteiger partial charge in [0.25, 0.3) is 0 Å². The molecule has 0 aromatic carbocycles. The van der Waals surface area contributed by atoms with Gasteiger partial charge in [0.05, 0.1) is 6.10 Å². The van der Waals surface area contributed by atoms with Gasteiger partial charge < -0.3 is 4.74 Å². The fraction of sp³-hybridized carbons (Fsp3) is 0.818. The maximum atomic E-state index is 5.69. The summed E-state index contributed by atoms with van der Waals surface area (Å²) in [6.07, 6.45) is 6.87. The predicted molar refractivity (Wildman–Crippen MR) is 66.2 cm³/mol. The number of alkyl halides is 1. The number of ether oxygens (including phenoxy) is 1. The van der Waals surface area contributed by atoms with Gasteiger partial charge in [-0.15, -0.1) is 33.1 Å². The van der Waals surface area contributed by atoms with Crippen molar-refractivity contribution in [1.29, 1.82) is 0 Å². The summed E-state index contributed by atoms with van der Waals surface area (Å²) in [5.74, 6) is 0.695. The summed E-state index contributed by atoms with van der Waals surface area (Å²) in [4.78, 5) is 0. The van der Waals surface area contributed by atoms with Crippen LogP contribution in [0.1, 0.15) is 35.7 Å². The second kappa shape index (κ2) is 6.52. The molecule has 0 saturated carbocycles. The summed E-state index contributed by atoms with van der Waals surface area (Å²) in [5.41, 5.74) is 0. The van der Waals surface area contributed by atoms with E-state index < -0.39 is 0 Å². The van der Waals surface area contributed by atoms with Crippen molar-refractivity contribution in [2.24, 2.45) is 0 Å². The molecule has 1 aromatic rings. The first-order valence-electron chi connectivity index (χ1n) is 5.87. The zero-order valence-corrected chi connectivity index (χ0v) is 10.9. The molecule has 0 aliphatic carbocycles. The summed E-state index contributed by atoms with van der Waals surface area (Å²) in [6, 6.07) is 0. The van der Waals surface area contributed by atoms with Gasteiger partial charge in [0.2, 0.25) is 0 Å². The van der Waals surface area contributed by atoms with Crippen molar-refractivity contribution in [3.63, 3.8) is 0 Å². The van der Waals surface area contributed by atoms with E-state index in [1.54, 1.807) is 11.3 Å². The van der Waals surface area contributed by atoms with E-state index in [4.69, 9.17) is 16.3 Å². The molecule has 1 atom stereocenters. The lowest BCUT2D eigenvalue weighted by Crippen LogP contribution is -2.21. The molecule has 2 heterocycles. The largest absolute Gasteiger partial charge is 0.378 e. The Morgan fingerprint density at radius 2 is 2.19 bits per heavy atom. The predicted octanol–water partition coefficient (Wildman–Crippen LogP) is 2.82. The van der Waals surface area contributed by atoms with Gasteiger partial charge in [0.1, 0.15) is 10.0 Å². The van der Waals surface area contributed by atoms with Gasteiger partial charge in [-0.1, -0.05) is 0 Å². The Bertz CT molecular complexity index is 313. The molecular weight excluding hydrogens is 244 g/mol. The molecule has 0 amide bonds. The Morgan fingerprint density at radius 3 is 2.94 bits per heavy atom. The van der Waals surface area contributed by atoms with Crippen LogP contribution in [0, 0.1) is 0 Å². The molecular formula is C11H17ClN2OS. The number of hydrogen-bond acceptors (Lipinski definition) is 4. The molecule has 0 radical (unpaired) electrons. The van der Waals surface area contributed by atoms with E-state index in [9.17, 15) is 0 Å². The van der Waals surface area contributed by atoms with Gasteiger partial charge in [-0.05, 0) is 25.7 Å². The molecule has 1 aliphatic rings. The summed E-state index contributed by atoms with van der Waals surface area (Å²) in [6.45, 7) is 0.905. The first-order chi connectivity index (χ1) is 7.88. The monoisotopic (exact) mass is 260 g/mol. The third kappa shape index (κ3) is 3.68. The SMILES string of the molecule is ClCCCc1nnc(CC2CCCCO2)s1. The van der Waals surface area contributed by atoms with Crippen molar-refractivity contribution < 1.29 is 4.74 Å². The van der Waals surface area contributed by atoms with Gasteiger partial charge in [-0.2, -0.15) is 0 Å². The van der Waals surface area contributed by atoms with E-state index in [0.29, 0.717) is 12.0 Å². The Hall–Kier alpha value is -0.190. The van der Waals surface area contributed by atoms with Gasteiger partial charge in [-0.3, -0.25) is 0 Å². The fourth-order valence-electron chi connectivity index (χ4n) is 1.85. The molecule has 16 heavy (non-hydrogen) atoms. The molecule has 2 rings (SSSR count). The van der Waals surface area contributed by atoms with Crippen molar-refractivity contribution >= 4 is 22.9 Å². The molecule has 0 N–H and O–H groups in total. The van der Waals surface area contributed by atoms with E-state index in [1.807, 2.05) is 0 Å². The van der Waals surface area contributed by atoms with Gasteiger partial charge in [0, 0.05) is 25.3 Å². The molecule has 1 unspecified atom stereocenters. The first kappa shape index (κ1) is 12.3. The Labute approximate surface area is 105 Å². The number of halogens is 1. The molecule has 1 fully saturated rings. The normalized spacial score (nSPS) is 21.2. The van der Waals surface area contributed by atoms with Crippen LogP contribution in [0.15, 0.2) is 0 Å². The number of rotatable bonds is 5. The molecule has 1 aliphatic heterocycles. The third-order valence-electron chi connectivity index (χ3n) is 2.71. The van der Waals surface area contributed by atoms with Crippen LogP contribution in [0.5, 0.6) is 0 Å². The van der Waals surface area contributed by atoms with Crippen molar-refractivity contribution in [3.8, 4) is 0 Å². The maximum Gasteiger partial charge on any atom is 0.120 e. The minimum absolute atomic E-state index is 0.363. The van der Waals surface area contributed by atoms with Gasteiger partial charge in [0.15, 0.2) is 0 Å². The van der Waals surface area contributed by atoms with Crippen LogP contribution >= 0.6 is 22.9 Å². The van der Waals surface area contributed by atoms with Crippen LogP contribution in [0.4, 0.5) is 0 Å². The Kier molecular flexibility index (Phi) is 5.00. The number of hydrogen-bond donors (Lipinski definition) is 0. The molecule has 0 spiro atoms. The Balaban J connectivity index is 1.81. The van der Waals surface area contributed by atoms with Crippen LogP contribution in [-0.4, -0.2) is 28.8 Å². The zero-order valence-electron chi connectivity index (χ0n) is 9.32. The van der Waals surface area contributed by atoms with Crippen LogP contribution in [0.3, 0.4) is 0 Å². The van der Waals surface area contributed by atoms with Crippen molar-refractivity contribution in [1.82, 2.24) is 10.2 Å². The van der Waals surface area contributed by atoms with E-state index in [-0.39, 0.29) is 0 Å². The molecule has 90 valence electrons. The highest BCUT2D eigenvalue weighted by Gasteiger charge is 2.16. The molecule has 5 heteroatoms. The summed E-state index contributed by atoms with van der Waals surface area (Å²) in [5, 5.41) is 10.6. The van der Waals surface area contributed by atoms with Crippen LogP contribution in [0.2, 0.25) is 0 Å². The highest BCUT2D eigenvalue weighted by molar-refractivity contribution is 7.11. The molecule has 1 saturated heterocycles. The smallest absolute Gasteiger partial charge is 0.120 e. The lowest BCUT2D eigenvalue weighted by atomic mass is 10.1. The van der Waals surface area contributed by atoms with E-state index >= 15 is 0 Å². The second-order valence-electron chi connectivity index (χ2n) is 4.07. The average Bonchev–Trinajstić information content (AvgIpc) is 2.75. The lowest BCUT2D eigenvalue weighted by Gasteiger charge is -2.21. The topological polar surface area (TPSA) is 35.0 Å². The molecule has 3 nitrogen and oxygen atoms in total. The Morgan fingerprint density at radius 1 is 1.31 bits per heavy atom. The lowest BCUT2D eigenvalue weighted by molar-refractivity contribution is 0.0167. The van der Waals surface area contributed by atoms with E-state index in [2.05, 4.69) is 10.2 Å². The average molecular weight is 261 g/mol. The standard InChI is InChI=1S/C11H17ClN2OS/c12-6-3-5-10-13-14-11(16-10)8-9-4-1-2-7-15-9/h9H,1-8H2. The number of nitrogens with zero attached hydrogens (tertiary/aromatic N) is 2. The number of aromatic nitrogens is 2. The van der Waals surface area contributed by atoms with Gasteiger partial charge >= 0.3 is 0 Å². The van der Waals surface area contributed by atoms with Crippen LogP contribution in [-0.2, 0) is 17.6 Å². The highest BCUT2D eigenvalue weighted by atomic mass is 35.5. The minimum Gasteiger partial charge on any atom is -0.378 e. The first-order valence-corrected chi connectivity index (χ1v) is 7.22. The summed E-state index contributed by atoms with van der Waals surface area (Å²) < 4.78 is 5.69. The minimum atomic E-state index is 0.363. The van der Waals surface area contributed by atoms with Crippen LogP contribution in [0.25, 0.3) is 0 Å². The summed E-state index contributed by atoms with van der Waals surface area (Å²) in [7, 11) is 0. The highest BCUT2D eigenvalue weighted by Crippen LogP contribution is 2.20. The quantitative estimate of drug-likeness (QED) is 0.764. The second-order valence-corrected chi connectivity index (χ2v) is 5.60. The van der Waals surface area contributed by atoms with E-state index in [0.717, 1.165) is 42.3 Å². The molecule has 1 aromatic heterocycles. The zero-order chi connectivity index (χ0) is 11.2. The third-order valence-corrected chi connectivity index (χ3v) is 3.98. The van der Waals surface area contributed by atoms with Crippen molar-refractivity contribution in [3.05, 3.63) is 10.0 Å². The maximum absolute atomic E-state index is 5.69. The summed E-state index contributed by atoms with van der Waals surface area (Å²) >= 11 is 7.36. The van der Waals surface area contributed by atoms with Crippen molar-refractivity contribution in [2.75, 3.05) is 12.5 Å². The van der Waals surface area contributed by atoms with Crippen LogP contribution < -0.4 is 0 Å².